The SMILES string of the molecule is CN1CCN(C(=O)c2cnc(C(=O)O)cn2)CC1. The molecule has 1 aromatic rings. The second-order valence-electron chi connectivity index (χ2n) is 4.19. The third-order valence-corrected chi connectivity index (χ3v) is 2.88. The Morgan fingerprint density at radius 1 is 1.11 bits per heavy atom. The number of aromatic carboxylic acids is 1. The van der Waals surface area contributed by atoms with Crippen LogP contribution in [-0.2, 0) is 0 Å². The van der Waals surface area contributed by atoms with E-state index in [1.54, 1.807) is 4.90 Å². The minimum atomic E-state index is -1.15. The molecular formula is C11H14N4O3. The highest BCUT2D eigenvalue weighted by Gasteiger charge is 2.21. The summed E-state index contributed by atoms with van der Waals surface area (Å²) in [5.41, 5.74) is 0.0227. The van der Waals surface area contributed by atoms with Crippen LogP contribution >= 0.6 is 0 Å². The normalized spacial score (nSPS) is 16.6. The van der Waals surface area contributed by atoms with Crippen LogP contribution in [-0.4, -0.2) is 70.0 Å². The van der Waals surface area contributed by atoms with Crippen molar-refractivity contribution in [3.63, 3.8) is 0 Å². The highest BCUT2D eigenvalue weighted by Crippen LogP contribution is 2.05. The first-order valence-electron chi connectivity index (χ1n) is 5.61. The molecule has 0 unspecified atom stereocenters. The molecule has 0 aliphatic carbocycles. The van der Waals surface area contributed by atoms with Gasteiger partial charge in [-0.3, -0.25) is 4.79 Å². The lowest BCUT2D eigenvalue weighted by Gasteiger charge is -2.32. The number of amides is 1. The maximum absolute atomic E-state index is 12.0. The number of carboxylic acid groups (broad SMARTS) is 1. The van der Waals surface area contributed by atoms with E-state index < -0.39 is 5.97 Å². The minimum Gasteiger partial charge on any atom is -0.476 e. The number of hydrogen-bond donors (Lipinski definition) is 1. The van der Waals surface area contributed by atoms with Crippen LogP contribution in [0.4, 0.5) is 0 Å². The Hall–Kier alpha value is -2.02. The standard InChI is InChI=1S/C11H14N4O3/c1-14-2-4-15(5-3-14)10(16)8-6-13-9(7-12-8)11(17)18/h6-7H,2-5H2,1H3,(H,17,18). The Kier molecular flexibility index (Phi) is 3.52. The number of likely N-dealkylation sites (N-methyl/N-ethyl adjacent to an activating group) is 1. The molecule has 1 aromatic heterocycles. The summed E-state index contributed by atoms with van der Waals surface area (Å²) in [5.74, 6) is -1.35. The topological polar surface area (TPSA) is 86.6 Å². The van der Waals surface area contributed by atoms with E-state index in [0.717, 1.165) is 19.3 Å². The highest BCUT2D eigenvalue weighted by molar-refractivity contribution is 5.92. The monoisotopic (exact) mass is 250 g/mol. The molecule has 0 radical (unpaired) electrons. The molecule has 2 rings (SSSR count). The maximum atomic E-state index is 12.0. The predicted molar refractivity (Wildman–Crippen MR) is 62.4 cm³/mol. The lowest BCUT2D eigenvalue weighted by atomic mass is 10.3. The van der Waals surface area contributed by atoms with Gasteiger partial charge in [-0.2, -0.15) is 0 Å². The summed E-state index contributed by atoms with van der Waals surface area (Å²) in [6.07, 6.45) is 2.32. The number of aromatic nitrogens is 2. The predicted octanol–water partition coefficient (Wildman–Crippen LogP) is -0.438. The van der Waals surface area contributed by atoms with Crippen molar-refractivity contribution in [2.75, 3.05) is 33.2 Å². The zero-order valence-corrected chi connectivity index (χ0v) is 10.0. The molecule has 0 bridgehead atoms. The van der Waals surface area contributed by atoms with Gasteiger partial charge in [0.25, 0.3) is 5.91 Å². The fourth-order valence-corrected chi connectivity index (χ4v) is 1.72. The van der Waals surface area contributed by atoms with Crippen LogP contribution in [0, 0.1) is 0 Å². The van der Waals surface area contributed by atoms with Gasteiger partial charge in [0.1, 0.15) is 5.69 Å². The van der Waals surface area contributed by atoms with Crippen molar-refractivity contribution in [2.24, 2.45) is 0 Å². The zero-order valence-electron chi connectivity index (χ0n) is 10.0. The van der Waals surface area contributed by atoms with E-state index in [-0.39, 0.29) is 17.3 Å². The first-order valence-corrected chi connectivity index (χ1v) is 5.61. The summed E-state index contributed by atoms with van der Waals surface area (Å²) in [4.78, 5) is 34.0. The van der Waals surface area contributed by atoms with Crippen molar-refractivity contribution < 1.29 is 14.7 Å². The molecule has 7 nitrogen and oxygen atoms in total. The molecule has 7 heteroatoms. The average molecular weight is 250 g/mol. The second kappa shape index (κ2) is 5.09. The number of hydrogen-bond acceptors (Lipinski definition) is 5. The average Bonchev–Trinajstić information content (AvgIpc) is 2.39. The summed E-state index contributed by atoms with van der Waals surface area (Å²) >= 11 is 0. The molecule has 1 N–H and O–H groups in total. The Morgan fingerprint density at radius 2 is 1.67 bits per heavy atom. The van der Waals surface area contributed by atoms with Crippen LogP contribution in [0.25, 0.3) is 0 Å². The lowest BCUT2D eigenvalue weighted by molar-refractivity contribution is 0.0650. The molecule has 2 heterocycles. The van der Waals surface area contributed by atoms with Crippen molar-refractivity contribution in [2.45, 2.75) is 0 Å². The van der Waals surface area contributed by atoms with Crippen molar-refractivity contribution in [1.82, 2.24) is 19.8 Å². The van der Waals surface area contributed by atoms with E-state index in [9.17, 15) is 9.59 Å². The van der Waals surface area contributed by atoms with E-state index in [1.165, 1.54) is 6.20 Å². The van der Waals surface area contributed by atoms with Gasteiger partial charge >= 0.3 is 5.97 Å². The highest BCUT2D eigenvalue weighted by atomic mass is 16.4. The van der Waals surface area contributed by atoms with Gasteiger partial charge in [0, 0.05) is 26.2 Å². The van der Waals surface area contributed by atoms with Gasteiger partial charge in [-0.05, 0) is 7.05 Å². The first kappa shape index (κ1) is 12.4. The van der Waals surface area contributed by atoms with Crippen LogP contribution in [0.5, 0.6) is 0 Å². The Balaban J connectivity index is 2.07. The van der Waals surface area contributed by atoms with Gasteiger partial charge in [0.05, 0.1) is 12.4 Å². The summed E-state index contributed by atoms with van der Waals surface area (Å²) in [6.45, 7) is 2.95. The summed E-state index contributed by atoms with van der Waals surface area (Å²) in [7, 11) is 2.00. The van der Waals surface area contributed by atoms with Crippen molar-refractivity contribution in [1.29, 1.82) is 0 Å². The third-order valence-electron chi connectivity index (χ3n) is 2.88. The minimum absolute atomic E-state index is 0.162. The van der Waals surface area contributed by atoms with Gasteiger partial charge in [-0.25, -0.2) is 14.8 Å². The summed E-state index contributed by atoms with van der Waals surface area (Å²) in [5, 5.41) is 8.69. The van der Waals surface area contributed by atoms with Crippen LogP contribution in [0.15, 0.2) is 12.4 Å². The van der Waals surface area contributed by atoms with Crippen molar-refractivity contribution in [3.05, 3.63) is 23.8 Å². The number of carbonyl (C=O) groups is 2. The number of carbonyl (C=O) groups excluding carboxylic acids is 1. The molecule has 1 aliphatic rings. The quantitative estimate of drug-likeness (QED) is 0.766. The van der Waals surface area contributed by atoms with Gasteiger partial charge < -0.3 is 14.9 Å². The molecule has 96 valence electrons. The van der Waals surface area contributed by atoms with Crippen molar-refractivity contribution >= 4 is 11.9 Å². The lowest BCUT2D eigenvalue weighted by Crippen LogP contribution is -2.47. The number of nitrogens with zero attached hydrogens (tertiary/aromatic N) is 4. The van der Waals surface area contributed by atoms with Crippen LogP contribution in [0.1, 0.15) is 21.0 Å². The molecule has 0 atom stereocenters. The van der Waals surface area contributed by atoms with Crippen LogP contribution in [0.3, 0.4) is 0 Å². The molecule has 1 aliphatic heterocycles. The number of rotatable bonds is 2. The molecule has 0 spiro atoms. The first-order chi connectivity index (χ1) is 8.58. The molecule has 0 saturated carbocycles. The van der Waals surface area contributed by atoms with Gasteiger partial charge in [-0.15, -0.1) is 0 Å². The second-order valence-corrected chi connectivity index (χ2v) is 4.19. The summed E-state index contributed by atoms with van der Waals surface area (Å²) < 4.78 is 0. The van der Waals surface area contributed by atoms with E-state index in [0.29, 0.717) is 13.1 Å². The zero-order chi connectivity index (χ0) is 13.1. The molecule has 1 fully saturated rings. The summed E-state index contributed by atoms with van der Waals surface area (Å²) in [6, 6.07) is 0. The Morgan fingerprint density at radius 3 is 2.17 bits per heavy atom. The molecular weight excluding hydrogens is 236 g/mol. The fourth-order valence-electron chi connectivity index (χ4n) is 1.72. The van der Waals surface area contributed by atoms with Gasteiger partial charge in [0.2, 0.25) is 0 Å². The fraction of sp³-hybridized carbons (Fsp3) is 0.455. The molecule has 1 amide bonds. The van der Waals surface area contributed by atoms with E-state index >= 15 is 0 Å². The molecule has 0 aromatic carbocycles. The third kappa shape index (κ3) is 2.62. The van der Waals surface area contributed by atoms with Gasteiger partial charge in [-0.1, -0.05) is 0 Å². The Bertz CT molecular complexity index is 452. The Labute approximate surface area is 104 Å². The number of carboxylic acids is 1. The van der Waals surface area contributed by atoms with Crippen LogP contribution < -0.4 is 0 Å². The van der Waals surface area contributed by atoms with Gasteiger partial charge in [0.15, 0.2) is 5.69 Å². The molecule has 1 saturated heterocycles. The van der Waals surface area contributed by atoms with E-state index in [2.05, 4.69) is 14.9 Å². The van der Waals surface area contributed by atoms with Crippen molar-refractivity contribution in [3.8, 4) is 0 Å². The maximum Gasteiger partial charge on any atom is 0.356 e. The largest absolute Gasteiger partial charge is 0.476 e. The number of piperazine rings is 1. The smallest absolute Gasteiger partial charge is 0.356 e. The van der Waals surface area contributed by atoms with Crippen LogP contribution in [0.2, 0.25) is 0 Å². The van der Waals surface area contributed by atoms with E-state index in [1.807, 2.05) is 7.05 Å². The van der Waals surface area contributed by atoms with E-state index in [4.69, 9.17) is 5.11 Å². The molecule has 18 heavy (non-hydrogen) atoms.